The minimum Gasteiger partial charge on any atom is -0.493 e. The van der Waals surface area contributed by atoms with Crippen LogP contribution in [-0.4, -0.2) is 39.9 Å². The predicted octanol–water partition coefficient (Wildman–Crippen LogP) is 3.60. The van der Waals surface area contributed by atoms with Crippen LogP contribution in [0.5, 0.6) is 17.2 Å². The Morgan fingerprint density at radius 2 is 1.79 bits per heavy atom. The topological polar surface area (TPSA) is 64.1 Å². The van der Waals surface area contributed by atoms with Crippen LogP contribution >= 0.6 is 0 Å². The first-order valence-electron chi connectivity index (χ1n) is 9.32. The number of halogens is 2. The Hall–Kier alpha value is -3.03. The highest BCUT2D eigenvalue weighted by Gasteiger charge is 2.06. The van der Waals surface area contributed by atoms with Crippen LogP contribution < -0.4 is 24.8 Å². The summed E-state index contributed by atoms with van der Waals surface area (Å²) in [4.78, 5) is 4.50. The molecule has 0 heterocycles. The molecule has 0 radical (unpaired) electrons. The van der Waals surface area contributed by atoms with Crippen LogP contribution in [0.1, 0.15) is 18.1 Å². The summed E-state index contributed by atoms with van der Waals surface area (Å²) < 4.78 is 39.7. The van der Waals surface area contributed by atoms with E-state index in [0.29, 0.717) is 37.1 Å². The average molecular weight is 407 g/mol. The first-order valence-corrected chi connectivity index (χ1v) is 9.32. The second-order valence-electron chi connectivity index (χ2n) is 6.09. The van der Waals surface area contributed by atoms with Gasteiger partial charge in [0.2, 0.25) is 0 Å². The summed E-state index contributed by atoms with van der Waals surface area (Å²) in [6.07, 6.45) is 0.766. The molecule has 158 valence electrons. The van der Waals surface area contributed by atoms with Crippen molar-refractivity contribution < 1.29 is 23.0 Å². The van der Waals surface area contributed by atoms with Gasteiger partial charge in [-0.05, 0) is 48.7 Å². The molecule has 29 heavy (non-hydrogen) atoms. The van der Waals surface area contributed by atoms with Crippen LogP contribution in [0.3, 0.4) is 0 Å². The standard InChI is InChI=1S/C21H27F2N3O3/c1-4-24-21(26-14-16-6-5-7-17(12-16)29-20(22)23)25-11-10-15-8-9-18(27-2)19(13-15)28-3/h5-9,12-13,20H,4,10-11,14H2,1-3H3,(H2,24,25,26). The van der Waals surface area contributed by atoms with Crippen LogP contribution in [0.25, 0.3) is 0 Å². The molecule has 0 aliphatic carbocycles. The molecule has 6 nitrogen and oxygen atoms in total. The maximum absolute atomic E-state index is 12.4. The maximum Gasteiger partial charge on any atom is 0.387 e. The molecule has 0 bridgehead atoms. The summed E-state index contributed by atoms with van der Waals surface area (Å²) in [5, 5.41) is 6.44. The third-order valence-corrected chi connectivity index (χ3v) is 4.04. The van der Waals surface area contributed by atoms with E-state index in [0.717, 1.165) is 17.5 Å². The molecule has 0 unspecified atom stereocenters. The van der Waals surface area contributed by atoms with E-state index in [1.54, 1.807) is 26.4 Å². The van der Waals surface area contributed by atoms with Crippen LogP contribution in [0.15, 0.2) is 47.5 Å². The molecule has 0 atom stereocenters. The van der Waals surface area contributed by atoms with E-state index in [4.69, 9.17) is 9.47 Å². The number of ether oxygens (including phenoxy) is 3. The third-order valence-electron chi connectivity index (χ3n) is 4.04. The highest BCUT2D eigenvalue weighted by Crippen LogP contribution is 2.27. The number of methoxy groups -OCH3 is 2. The smallest absolute Gasteiger partial charge is 0.387 e. The van der Waals surface area contributed by atoms with Crippen molar-refractivity contribution in [3.05, 3.63) is 53.6 Å². The van der Waals surface area contributed by atoms with Crippen LogP contribution in [-0.2, 0) is 13.0 Å². The average Bonchev–Trinajstić information content (AvgIpc) is 2.71. The number of guanidine groups is 1. The Labute approximate surface area is 169 Å². The van der Waals surface area contributed by atoms with Gasteiger partial charge in [0.25, 0.3) is 0 Å². The first-order chi connectivity index (χ1) is 14.0. The molecule has 0 aliphatic rings. The lowest BCUT2D eigenvalue weighted by Gasteiger charge is -2.13. The number of benzene rings is 2. The van der Waals surface area contributed by atoms with E-state index in [9.17, 15) is 8.78 Å². The van der Waals surface area contributed by atoms with Gasteiger partial charge >= 0.3 is 6.61 Å². The van der Waals surface area contributed by atoms with Gasteiger partial charge in [-0.1, -0.05) is 18.2 Å². The maximum atomic E-state index is 12.4. The zero-order valence-electron chi connectivity index (χ0n) is 16.9. The molecule has 0 aliphatic heterocycles. The number of nitrogens with one attached hydrogen (secondary N) is 2. The minimum atomic E-state index is -2.84. The van der Waals surface area contributed by atoms with Crippen molar-refractivity contribution in [3.63, 3.8) is 0 Å². The summed E-state index contributed by atoms with van der Waals surface area (Å²) in [6.45, 7) is 0.839. The number of nitrogens with zero attached hydrogens (tertiary/aromatic N) is 1. The number of rotatable bonds is 10. The fraction of sp³-hybridized carbons (Fsp3) is 0.381. The van der Waals surface area contributed by atoms with Crippen LogP contribution in [0.4, 0.5) is 8.78 Å². The Balaban J connectivity index is 1.94. The summed E-state index contributed by atoms with van der Waals surface area (Å²) in [7, 11) is 3.21. The van der Waals surface area contributed by atoms with Crippen molar-refractivity contribution in [2.24, 2.45) is 4.99 Å². The van der Waals surface area contributed by atoms with Gasteiger partial charge in [-0.15, -0.1) is 0 Å². The van der Waals surface area contributed by atoms with Crippen molar-refractivity contribution in [1.82, 2.24) is 10.6 Å². The zero-order valence-corrected chi connectivity index (χ0v) is 16.9. The third kappa shape index (κ3) is 7.48. The van der Waals surface area contributed by atoms with Crippen molar-refractivity contribution in [2.75, 3.05) is 27.3 Å². The molecule has 8 heteroatoms. The Morgan fingerprint density at radius 1 is 1.00 bits per heavy atom. The van der Waals surface area contributed by atoms with Crippen LogP contribution in [0, 0.1) is 0 Å². The molecule has 0 spiro atoms. The number of hydrogen-bond donors (Lipinski definition) is 2. The lowest BCUT2D eigenvalue weighted by atomic mass is 10.1. The molecular weight excluding hydrogens is 380 g/mol. The molecule has 2 rings (SSSR count). The van der Waals surface area contributed by atoms with Gasteiger partial charge in [-0.2, -0.15) is 8.78 Å². The van der Waals surface area contributed by atoms with Gasteiger partial charge in [0, 0.05) is 13.1 Å². The zero-order chi connectivity index (χ0) is 21.1. The van der Waals surface area contributed by atoms with E-state index in [2.05, 4.69) is 20.4 Å². The molecule has 2 aromatic carbocycles. The quantitative estimate of drug-likeness (QED) is 0.465. The normalized spacial score (nSPS) is 11.3. The Bertz CT molecular complexity index is 800. The van der Waals surface area contributed by atoms with Crippen molar-refractivity contribution >= 4 is 5.96 Å². The fourth-order valence-corrected chi connectivity index (χ4v) is 2.69. The highest BCUT2D eigenvalue weighted by molar-refractivity contribution is 5.79. The van der Waals surface area contributed by atoms with Crippen molar-refractivity contribution in [2.45, 2.75) is 26.5 Å². The van der Waals surface area contributed by atoms with Gasteiger partial charge in [-0.25, -0.2) is 4.99 Å². The molecule has 0 saturated heterocycles. The number of hydrogen-bond acceptors (Lipinski definition) is 4. The number of alkyl halides is 2. The summed E-state index contributed by atoms with van der Waals surface area (Å²) in [5.41, 5.74) is 1.88. The minimum absolute atomic E-state index is 0.124. The molecule has 2 aromatic rings. The molecular formula is C21H27F2N3O3. The van der Waals surface area contributed by atoms with Crippen molar-refractivity contribution in [1.29, 1.82) is 0 Å². The largest absolute Gasteiger partial charge is 0.493 e. The van der Waals surface area contributed by atoms with Crippen molar-refractivity contribution in [3.8, 4) is 17.2 Å². The molecule has 2 N–H and O–H groups in total. The van der Waals surface area contributed by atoms with Gasteiger partial charge in [0.05, 0.1) is 20.8 Å². The lowest BCUT2D eigenvalue weighted by Crippen LogP contribution is -2.38. The second kappa shape index (κ2) is 11.7. The summed E-state index contributed by atoms with van der Waals surface area (Å²) in [5.74, 6) is 2.15. The van der Waals surface area contributed by atoms with E-state index in [1.807, 2.05) is 31.2 Å². The lowest BCUT2D eigenvalue weighted by molar-refractivity contribution is -0.0498. The summed E-state index contributed by atoms with van der Waals surface area (Å²) in [6, 6.07) is 12.3. The van der Waals surface area contributed by atoms with Gasteiger partial charge in [-0.3, -0.25) is 0 Å². The SMILES string of the molecule is CCNC(=NCc1cccc(OC(F)F)c1)NCCc1ccc(OC)c(OC)c1. The van der Waals surface area contributed by atoms with E-state index in [1.165, 1.54) is 6.07 Å². The molecule has 0 fully saturated rings. The summed E-state index contributed by atoms with van der Waals surface area (Å²) >= 11 is 0. The molecule has 0 aromatic heterocycles. The van der Waals surface area contributed by atoms with E-state index < -0.39 is 6.61 Å². The second-order valence-corrected chi connectivity index (χ2v) is 6.09. The predicted molar refractivity (Wildman–Crippen MR) is 109 cm³/mol. The Kier molecular flexibility index (Phi) is 9.01. The van der Waals surface area contributed by atoms with Gasteiger partial charge < -0.3 is 24.8 Å². The highest BCUT2D eigenvalue weighted by atomic mass is 19.3. The first kappa shape index (κ1) is 22.3. The monoisotopic (exact) mass is 407 g/mol. The number of aliphatic imine (C=N–C) groups is 1. The Morgan fingerprint density at radius 3 is 2.48 bits per heavy atom. The van der Waals surface area contributed by atoms with E-state index in [-0.39, 0.29) is 5.75 Å². The van der Waals surface area contributed by atoms with Gasteiger partial charge in [0.15, 0.2) is 17.5 Å². The molecule has 0 amide bonds. The van der Waals surface area contributed by atoms with Gasteiger partial charge in [0.1, 0.15) is 5.75 Å². The van der Waals surface area contributed by atoms with E-state index >= 15 is 0 Å². The van der Waals surface area contributed by atoms with Crippen LogP contribution in [0.2, 0.25) is 0 Å². The fourth-order valence-electron chi connectivity index (χ4n) is 2.69. The molecule has 0 saturated carbocycles.